The van der Waals surface area contributed by atoms with Crippen LogP contribution in [0, 0.1) is 20.8 Å². The summed E-state index contributed by atoms with van der Waals surface area (Å²) in [6.07, 6.45) is 1.25. The van der Waals surface area contributed by atoms with Gasteiger partial charge in [0.2, 0.25) is 0 Å². The first-order valence-electron chi connectivity index (χ1n) is 4.66. The van der Waals surface area contributed by atoms with E-state index in [-0.39, 0.29) is 0 Å². The van der Waals surface area contributed by atoms with Crippen LogP contribution in [0.15, 0.2) is 18.2 Å². The van der Waals surface area contributed by atoms with E-state index in [1.807, 2.05) is 0 Å². The SMILES string of the molecule is CCC.Cc1cccc(C)c1C. The summed E-state index contributed by atoms with van der Waals surface area (Å²) >= 11 is 0. The average Bonchev–Trinajstić information content (AvgIpc) is 2.02. The number of hydrogen-bond acceptors (Lipinski definition) is 0. The third-order valence-corrected chi connectivity index (χ3v) is 1.88. The Morgan fingerprint density at radius 2 is 1.25 bits per heavy atom. The van der Waals surface area contributed by atoms with Crippen LogP contribution in [0.4, 0.5) is 0 Å². The standard InChI is InChI=1S/C9H12.C3H8/c1-7-5-4-6-8(2)9(7)3;1-3-2/h4-6H,1-3H3;3H2,1-2H3. The Bertz CT molecular complexity index is 203. The van der Waals surface area contributed by atoms with Gasteiger partial charge in [0, 0.05) is 0 Å². The molecule has 0 amide bonds. The minimum Gasteiger partial charge on any atom is -0.0656 e. The maximum atomic E-state index is 2.16. The van der Waals surface area contributed by atoms with Gasteiger partial charge in [0.25, 0.3) is 0 Å². The summed E-state index contributed by atoms with van der Waals surface area (Å²) < 4.78 is 0. The van der Waals surface area contributed by atoms with E-state index in [0.29, 0.717) is 0 Å². The number of benzene rings is 1. The largest absolute Gasteiger partial charge is 0.0656 e. The van der Waals surface area contributed by atoms with Crippen molar-refractivity contribution in [3.05, 3.63) is 34.9 Å². The predicted octanol–water partition coefficient (Wildman–Crippen LogP) is 4.03. The molecule has 68 valence electrons. The van der Waals surface area contributed by atoms with Gasteiger partial charge < -0.3 is 0 Å². The molecule has 0 bridgehead atoms. The lowest BCUT2D eigenvalue weighted by molar-refractivity contribution is 1.09. The smallest absolute Gasteiger partial charge is 0.0392 e. The van der Waals surface area contributed by atoms with Crippen molar-refractivity contribution >= 4 is 0 Å². The molecule has 0 spiro atoms. The second-order valence-corrected chi connectivity index (χ2v) is 3.22. The summed E-state index contributed by atoms with van der Waals surface area (Å²) in [6, 6.07) is 6.38. The van der Waals surface area contributed by atoms with Crippen molar-refractivity contribution in [3.8, 4) is 0 Å². The zero-order chi connectivity index (χ0) is 9.56. The van der Waals surface area contributed by atoms with E-state index in [2.05, 4.69) is 52.8 Å². The summed E-state index contributed by atoms with van der Waals surface area (Å²) in [5.41, 5.74) is 4.18. The lowest BCUT2D eigenvalue weighted by Crippen LogP contribution is -1.82. The predicted molar refractivity (Wildman–Crippen MR) is 56.6 cm³/mol. The first kappa shape index (κ1) is 11.2. The van der Waals surface area contributed by atoms with Crippen LogP contribution >= 0.6 is 0 Å². The molecule has 0 saturated carbocycles. The van der Waals surface area contributed by atoms with E-state index in [1.165, 1.54) is 23.1 Å². The van der Waals surface area contributed by atoms with Crippen molar-refractivity contribution < 1.29 is 0 Å². The lowest BCUT2D eigenvalue weighted by atomic mass is 10.1. The van der Waals surface area contributed by atoms with Gasteiger partial charge in [-0.3, -0.25) is 0 Å². The summed E-state index contributed by atoms with van der Waals surface area (Å²) in [5, 5.41) is 0. The Labute approximate surface area is 76.6 Å². The Hall–Kier alpha value is -0.780. The van der Waals surface area contributed by atoms with Gasteiger partial charge in [0.15, 0.2) is 0 Å². The molecule has 0 unspecified atom stereocenters. The van der Waals surface area contributed by atoms with Gasteiger partial charge in [0.05, 0.1) is 0 Å². The fourth-order valence-electron chi connectivity index (χ4n) is 0.898. The molecule has 0 aliphatic heterocycles. The Morgan fingerprint density at radius 1 is 0.917 bits per heavy atom. The van der Waals surface area contributed by atoms with E-state index < -0.39 is 0 Å². The third-order valence-electron chi connectivity index (χ3n) is 1.88. The second kappa shape index (κ2) is 5.82. The molecule has 0 heterocycles. The minimum atomic E-state index is 1.25. The van der Waals surface area contributed by atoms with Crippen molar-refractivity contribution in [3.63, 3.8) is 0 Å². The van der Waals surface area contributed by atoms with Crippen molar-refractivity contribution in [2.24, 2.45) is 0 Å². The van der Waals surface area contributed by atoms with Crippen molar-refractivity contribution in [1.82, 2.24) is 0 Å². The highest BCUT2D eigenvalue weighted by Crippen LogP contribution is 2.09. The zero-order valence-corrected chi connectivity index (χ0v) is 8.94. The highest BCUT2D eigenvalue weighted by atomic mass is 14.0. The van der Waals surface area contributed by atoms with Gasteiger partial charge >= 0.3 is 0 Å². The highest BCUT2D eigenvalue weighted by Gasteiger charge is 1.91. The van der Waals surface area contributed by atoms with E-state index in [9.17, 15) is 0 Å². The molecule has 1 rings (SSSR count). The summed E-state index contributed by atoms with van der Waals surface area (Å²) in [5.74, 6) is 0. The highest BCUT2D eigenvalue weighted by molar-refractivity contribution is 5.31. The summed E-state index contributed by atoms with van der Waals surface area (Å²) in [7, 11) is 0. The third kappa shape index (κ3) is 3.56. The molecule has 0 heteroatoms. The normalized spacial score (nSPS) is 8.75. The topological polar surface area (TPSA) is 0 Å². The number of aryl methyl sites for hydroxylation is 2. The number of rotatable bonds is 0. The molecule has 0 radical (unpaired) electrons. The fraction of sp³-hybridized carbons (Fsp3) is 0.500. The van der Waals surface area contributed by atoms with Gasteiger partial charge in [-0.25, -0.2) is 0 Å². The molecule has 0 saturated heterocycles. The molecule has 0 aliphatic rings. The molecule has 0 atom stereocenters. The molecular weight excluding hydrogens is 144 g/mol. The molecule has 1 aromatic rings. The molecule has 0 aromatic heterocycles. The van der Waals surface area contributed by atoms with Crippen molar-refractivity contribution in [2.45, 2.75) is 41.0 Å². The monoisotopic (exact) mass is 164 g/mol. The van der Waals surface area contributed by atoms with Crippen LogP contribution in [0.25, 0.3) is 0 Å². The summed E-state index contributed by atoms with van der Waals surface area (Å²) in [6.45, 7) is 10.7. The van der Waals surface area contributed by atoms with Crippen LogP contribution in [0.1, 0.15) is 37.0 Å². The average molecular weight is 164 g/mol. The van der Waals surface area contributed by atoms with Crippen LogP contribution in [0.3, 0.4) is 0 Å². The maximum absolute atomic E-state index is 2.16. The van der Waals surface area contributed by atoms with Crippen LogP contribution in [-0.2, 0) is 0 Å². The van der Waals surface area contributed by atoms with Crippen LogP contribution < -0.4 is 0 Å². The molecule has 1 aromatic carbocycles. The van der Waals surface area contributed by atoms with Gasteiger partial charge in [-0.2, -0.15) is 0 Å². The van der Waals surface area contributed by atoms with Crippen molar-refractivity contribution in [2.75, 3.05) is 0 Å². The van der Waals surface area contributed by atoms with Gasteiger partial charge in [-0.1, -0.05) is 38.5 Å². The van der Waals surface area contributed by atoms with Crippen molar-refractivity contribution in [1.29, 1.82) is 0 Å². The van der Waals surface area contributed by atoms with E-state index in [0.717, 1.165) is 0 Å². The number of hydrogen-bond donors (Lipinski definition) is 0. The fourth-order valence-corrected chi connectivity index (χ4v) is 0.898. The second-order valence-electron chi connectivity index (χ2n) is 3.22. The quantitative estimate of drug-likeness (QED) is 0.543. The first-order chi connectivity index (χ1) is 5.63. The molecular formula is C12H20. The summed E-state index contributed by atoms with van der Waals surface area (Å²) in [4.78, 5) is 0. The Kier molecular flexibility index (Phi) is 5.44. The maximum Gasteiger partial charge on any atom is -0.0392 e. The Morgan fingerprint density at radius 3 is 1.50 bits per heavy atom. The van der Waals surface area contributed by atoms with E-state index in [1.54, 1.807) is 0 Å². The van der Waals surface area contributed by atoms with Crippen LogP contribution in [0.2, 0.25) is 0 Å². The molecule has 12 heavy (non-hydrogen) atoms. The lowest BCUT2D eigenvalue weighted by Gasteiger charge is -2.00. The molecule has 0 fully saturated rings. The Balaban J connectivity index is 0.000000354. The zero-order valence-electron chi connectivity index (χ0n) is 8.94. The van der Waals surface area contributed by atoms with Gasteiger partial charge in [0.1, 0.15) is 0 Å². The van der Waals surface area contributed by atoms with E-state index >= 15 is 0 Å². The van der Waals surface area contributed by atoms with Crippen LogP contribution in [-0.4, -0.2) is 0 Å². The molecule has 0 N–H and O–H groups in total. The van der Waals surface area contributed by atoms with Crippen LogP contribution in [0.5, 0.6) is 0 Å². The van der Waals surface area contributed by atoms with Gasteiger partial charge in [-0.05, 0) is 37.5 Å². The van der Waals surface area contributed by atoms with E-state index in [4.69, 9.17) is 0 Å². The minimum absolute atomic E-state index is 1.25. The first-order valence-corrected chi connectivity index (χ1v) is 4.66. The molecule has 0 nitrogen and oxygen atoms in total. The van der Waals surface area contributed by atoms with Gasteiger partial charge in [-0.15, -0.1) is 0 Å². The molecule has 0 aliphatic carbocycles.